The van der Waals surface area contributed by atoms with Crippen molar-refractivity contribution in [2.75, 3.05) is 13.1 Å². The Morgan fingerprint density at radius 2 is 2.27 bits per heavy atom. The van der Waals surface area contributed by atoms with Gasteiger partial charge in [0.25, 0.3) is 0 Å². The number of rotatable bonds is 6. The largest absolute Gasteiger partial charge is 0.392 e. The minimum absolute atomic E-state index is 0.180. The summed E-state index contributed by atoms with van der Waals surface area (Å²) in [7, 11) is 0. The van der Waals surface area contributed by atoms with E-state index in [0.29, 0.717) is 6.54 Å². The molecule has 0 bridgehead atoms. The van der Waals surface area contributed by atoms with Crippen LogP contribution < -0.4 is 5.32 Å². The molecule has 0 radical (unpaired) electrons. The van der Waals surface area contributed by atoms with Crippen LogP contribution in [-0.2, 0) is 0 Å². The highest BCUT2D eigenvalue weighted by Crippen LogP contribution is 1.86. The normalized spacial score (nSPS) is 14.1. The van der Waals surface area contributed by atoms with E-state index < -0.39 is 0 Å². The van der Waals surface area contributed by atoms with Gasteiger partial charge in [-0.1, -0.05) is 19.1 Å². The fraction of sp³-hybridized carbons (Fsp3) is 0.778. The van der Waals surface area contributed by atoms with Crippen LogP contribution in [0.1, 0.15) is 26.7 Å². The molecule has 0 aromatic rings. The zero-order chi connectivity index (χ0) is 8.53. The summed E-state index contributed by atoms with van der Waals surface area (Å²) in [6.07, 6.45) is 5.85. The summed E-state index contributed by atoms with van der Waals surface area (Å²) < 4.78 is 0. The van der Waals surface area contributed by atoms with Crippen molar-refractivity contribution in [2.24, 2.45) is 0 Å². The molecule has 0 saturated heterocycles. The smallest absolute Gasteiger partial charge is 0.0662 e. The van der Waals surface area contributed by atoms with E-state index in [4.69, 9.17) is 5.11 Å². The van der Waals surface area contributed by atoms with Crippen molar-refractivity contribution in [1.82, 2.24) is 5.32 Å². The Bertz CT molecular complexity index is 102. The molecule has 0 aliphatic rings. The standard InChI is InChI=1S/C9H19NO/c1-3-5-6-7-10-8-9(11)4-2/h3,5,9-11H,4,6-8H2,1-2H3. The van der Waals surface area contributed by atoms with Crippen molar-refractivity contribution >= 4 is 0 Å². The van der Waals surface area contributed by atoms with Gasteiger partial charge in [-0.2, -0.15) is 0 Å². The summed E-state index contributed by atoms with van der Waals surface area (Å²) in [6.45, 7) is 5.68. The SMILES string of the molecule is CC=CCCNCC(O)CC. The van der Waals surface area contributed by atoms with Gasteiger partial charge in [0.1, 0.15) is 0 Å². The molecule has 0 aliphatic carbocycles. The third-order valence-electron chi connectivity index (χ3n) is 1.57. The van der Waals surface area contributed by atoms with Crippen molar-refractivity contribution in [3.05, 3.63) is 12.2 Å². The Balaban J connectivity index is 3.01. The molecule has 2 heteroatoms. The van der Waals surface area contributed by atoms with Crippen LogP contribution in [0.4, 0.5) is 0 Å². The van der Waals surface area contributed by atoms with E-state index in [1.165, 1.54) is 0 Å². The van der Waals surface area contributed by atoms with E-state index >= 15 is 0 Å². The monoisotopic (exact) mass is 157 g/mol. The minimum Gasteiger partial charge on any atom is -0.392 e. The van der Waals surface area contributed by atoms with Crippen LogP contribution in [0, 0.1) is 0 Å². The number of allylic oxidation sites excluding steroid dienone is 1. The van der Waals surface area contributed by atoms with Crippen molar-refractivity contribution < 1.29 is 5.11 Å². The average Bonchev–Trinajstić information content (AvgIpc) is 2.04. The fourth-order valence-corrected chi connectivity index (χ4v) is 0.765. The highest BCUT2D eigenvalue weighted by atomic mass is 16.3. The van der Waals surface area contributed by atoms with Crippen LogP contribution in [0.25, 0.3) is 0 Å². The molecule has 1 unspecified atom stereocenters. The molecule has 0 fully saturated rings. The van der Waals surface area contributed by atoms with Gasteiger partial charge in [0.15, 0.2) is 0 Å². The zero-order valence-corrected chi connectivity index (χ0v) is 7.51. The Kier molecular flexibility index (Phi) is 7.52. The van der Waals surface area contributed by atoms with E-state index in [-0.39, 0.29) is 6.10 Å². The molecule has 0 aromatic heterocycles. The number of nitrogens with one attached hydrogen (secondary N) is 1. The molecule has 0 heterocycles. The average molecular weight is 157 g/mol. The molecule has 2 nitrogen and oxygen atoms in total. The van der Waals surface area contributed by atoms with E-state index in [1.54, 1.807) is 0 Å². The first-order valence-electron chi connectivity index (χ1n) is 4.31. The minimum atomic E-state index is -0.180. The highest BCUT2D eigenvalue weighted by Gasteiger charge is 1.96. The molecular weight excluding hydrogens is 138 g/mol. The summed E-state index contributed by atoms with van der Waals surface area (Å²) >= 11 is 0. The number of aliphatic hydroxyl groups excluding tert-OH is 1. The molecule has 1 atom stereocenters. The van der Waals surface area contributed by atoms with Crippen molar-refractivity contribution in [2.45, 2.75) is 32.8 Å². The Labute approximate surface area is 69.3 Å². The van der Waals surface area contributed by atoms with Crippen LogP contribution in [0.3, 0.4) is 0 Å². The maximum atomic E-state index is 9.13. The maximum Gasteiger partial charge on any atom is 0.0662 e. The molecule has 0 spiro atoms. The van der Waals surface area contributed by atoms with Gasteiger partial charge in [0, 0.05) is 6.54 Å². The summed E-state index contributed by atoms with van der Waals surface area (Å²) in [6, 6.07) is 0. The van der Waals surface area contributed by atoms with E-state index in [9.17, 15) is 0 Å². The van der Waals surface area contributed by atoms with Crippen LogP contribution in [0.2, 0.25) is 0 Å². The van der Waals surface area contributed by atoms with Gasteiger partial charge in [-0.05, 0) is 26.3 Å². The van der Waals surface area contributed by atoms with E-state index in [2.05, 4.69) is 11.4 Å². The summed E-state index contributed by atoms with van der Waals surface area (Å²) in [5.74, 6) is 0. The molecule has 0 saturated carbocycles. The number of hydrogen-bond donors (Lipinski definition) is 2. The molecule has 0 aromatic carbocycles. The van der Waals surface area contributed by atoms with Crippen molar-refractivity contribution in [3.63, 3.8) is 0 Å². The first-order chi connectivity index (χ1) is 5.31. The third-order valence-corrected chi connectivity index (χ3v) is 1.57. The summed E-state index contributed by atoms with van der Waals surface area (Å²) in [4.78, 5) is 0. The van der Waals surface area contributed by atoms with Gasteiger partial charge in [-0.15, -0.1) is 0 Å². The second-order valence-corrected chi connectivity index (χ2v) is 2.62. The highest BCUT2D eigenvalue weighted by molar-refractivity contribution is 4.77. The predicted molar refractivity (Wildman–Crippen MR) is 48.6 cm³/mol. The molecule has 66 valence electrons. The van der Waals surface area contributed by atoms with E-state index in [0.717, 1.165) is 19.4 Å². The van der Waals surface area contributed by atoms with Gasteiger partial charge in [0.2, 0.25) is 0 Å². The Morgan fingerprint density at radius 1 is 1.55 bits per heavy atom. The molecule has 2 N–H and O–H groups in total. The Morgan fingerprint density at radius 3 is 2.82 bits per heavy atom. The first kappa shape index (κ1) is 10.7. The number of aliphatic hydroxyl groups is 1. The summed E-state index contributed by atoms with van der Waals surface area (Å²) in [5, 5.41) is 12.3. The van der Waals surface area contributed by atoms with Crippen LogP contribution in [-0.4, -0.2) is 24.3 Å². The van der Waals surface area contributed by atoms with Gasteiger partial charge in [-0.3, -0.25) is 0 Å². The first-order valence-corrected chi connectivity index (χ1v) is 4.31. The van der Waals surface area contributed by atoms with Gasteiger partial charge >= 0.3 is 0 Å². The van der Waals surface area contributed by atoms with Crippen LogP contribution >= 0.6 is 0 Å². The quantitative estimate of drug-likeness (QED) is 0.450. The number of hydrogen-bond acceptors (Lipinski definition) is 2. The van der Waals surface area contributed by atoms with Gasteiger partial charge in [-0.25, -0.2) is 0 Å². The van der Waals surface area contributed by atoms with Crippen molar-refractivity contribution in [1.29, 1.82) is 0 Å². The van der Waals surface area contributed by atoms with Crippen molar-refractivity contribution in [3.8, 4) is 0 Å². The molecule has 11 heavy (non-hydrogen) atoms. The molecular formula is C9H19NO. The van der Waals surface area contributed by atoms with Crippen LogP contribution in [0.5, 0.6) is 0 Å². The summed E-state index contributed by atoms with van der Waals surface area (Å²) in [5.41, 5.74) is 0. The van der Waals surface area contributed by atoms with Gasteiger partial charge in [0.05, 0.1) is 6.10 Å². The lowest BCUT2D eigenvalue weighted by molar-refractivity contribution is 0.168. The zero-order valence-electron chi connectivity index (χ0n) is 7.51. The molecule has 0 rings (SSSR count). The van der Waals surface area contributed by atoms with Gasteiger partial charge < -0.3 is 10.4 Å². The Hall–Kier alpha value is -0.340. The predicted octanol–water partition coefficient (Wildman–Crippen LogP) is 1.31. The maximum absolute atomic E-state index is 9.13. The lowest BCUT2D eigenvalue weighted by Gasteiger charge is -2.07. The lowest BCUT2D eigenvalue weighted by atomic mass is 10.3. The lowest BCUT2D eigenvalue weighted by Crippen LogP contribution is -2.26. The fourth-order valence-electron chi connectivity index (χ4n) is 0.765. The molecule has 0 amide bonds. The topological polar surface area (TPSA) is 32.3 Å². The second-order valence-electron chi connectivity index (χ2n) is 2.62. The second kappa shape index (κ2) is 7.76. The van der Waals surface area contributed by atoms with E-state index in [1.807, 2.05) is 19.9 Å². The van der Waals surface area contributed by atoms with Crippen LogP contribution in [0.15, 0.2) is 12.2 Å². The third kappa shape index (κ3) is 7.56. The molecule has 0 aliphatic heterocycles.